The number of rotatable bonds is 4. The van der Waals surface area contributed by atoms with Crippen molar-refractivity contribution in [1.82, 2.24) is 5.32 Å². The molecule has 2 unspecified atom stereocenters. The fourth-order valence-electron chi connectivity index (χ4n) is 2.02. The van der Waals surface area contributed by atoms with Gasteiger partial charge in [-0.1, -0.05) is 13.8 Å². The molecule has 19 heavy (non-hydrogen) atoms. The Morgan fingerprint density at radius 3 is 2.53 bits per heavy atom. The number of carbonyl (C=O) groups is 1. The van der Waals surface area contributed by atoms with Gasteiger partial charge >= 0.3 is 0 Å². The Balaban J connectivity index is 2.03. The van der Waals surface area contributed by atoms with Crippen molar-refractivity contribution in [2.45, 2.75) is 37.4 Å². The lowest BCUT2D eigenvalue weighted by Crippen LogP contribution is -2.28. The second-order valence-electron chi connectivity index (χ2n) is 5.68. The minimum Gasteiger partial charge on any atom is -0.349 e. The number of nitrogens with one attached hydrogen (secondary N) is 1. The molecule has 106 valence electrons. The summed E-state index contributed by atoms with van der Waals surface area (Å²) in [7, 11) is -3.66. The molecule has 0 aliphatic heterocycles. The maximum Gasteiger partial charge on any atom is 0.247 e. The van der Waals surface area contributed by atoms with E-state index in [1.165, 1.54) is 6.07 Å². The van der Waals surface area contributed by atoms with Crippen LogP contribution in [0.4, 0.5) is 0 Å². The smallest absolute Gasteiger partial charge is 0.247 e. The molecule has 0 saturated heterocycles. The summed E-state index contributed by atoms with van der Waals surface area (Å²) in [6.45, 7) is 5.96. The maximum atomic E-state index is 12.0. The number of carbonyl (C=O) groups excluding carboxylic acids is 1. The van der Waals surface area contributed by atoms with Gasteiger partial charge in [-0.3, -0.25) is 4.79 Å². The lowest BCUT2D eigenvalue weighted by molar-refractivity contribution is -0.123. The van der Waals surface area contributed by atoms with Gasteiger partial charge in [-0.05, 0) is 30.9 Å². The molecule has 1 aliphatic rings. The Morgan fingerprint density at radius 2 is 2.11 bits per heavy atom. The Morgan fingerprint density at radius 1 is 1.53 bits per heavy atom. The van der Waals surface area contributed by atoms with Gasteiger partial charge in [0, 0.05) is 10.8 Å². The van der Waals surface area contributed by atoms with Gasteiger partial charge in [0.1, 0.15) is 4.21 Å². The van der Waals surface area contributed by atoms with E-state index < -0.39 is 10.0 Å². The van der Waals surface area contributed by atoms with Crippen LogP contribution in [0.25, 0.3) is 0 Å². The molecule has 0 aromatic carbocycles. The first-order chi connectivity index (χ1) is 8.61. The van der Waals surface area contributed by atoms with E-state index in [1.807, 2.05) is 6.92 Å². The highest BCUT2D eigenvalue weighted by molar-refractivity contribution is 7.91. The Hall–Kier alpha value is -0.920. The first-order valence-electron chi connectivity index (χ1n) is 6.04. The molecule has 1 aromatic rings. The molecule has 0 radical (unpaired) electrons. The normalized spacial score (nSPS) is 22.8. The Kier molecular flexibility index (Phi) is 3.49. The van der Waals surface area contributed by atoms with E-state index in [0.717, 1.165) is 22.6 Å². The second kappa shape index (κ2) is 4.57. The molecule has 1 aliphatic carbocycles. The topological polar surface area (TPSA) is 89.3 Å². The molecule has 1 aromatic heterocycles. The van der Waals surface area contributed by atoms with Gasteiger partial charge in [0.2, 0.25) is 15.9 Å². The first-order valence-corrected chi connectivity index (χ1v) is 8.40. The number of amides is 1. The van der Waals surface area contributed by atoms with Crippen LogP contribution < -0.4 is 10.5 Å². The summed E-state index contributed by atoms with van der Waals surface area (Å²) in [5.74, 6) is 0.0932. The van der Waals surface area contributed by atoms with Crippen molar-refractivity contribution in [3.05, 3.63) is 17.0 Å². The average Bonchev–Trinajstić information content (AvgIpc) is 2.74. The van der Waals surface area contributed by atoms with Gasteiger partial charge < -0.3 is 5.32 Å². The van der Waals surface area contributed by atoms with Crippen LogP contribution >= 0.6 is 11.3 Å². The molecular formula is C12H18N2O3S2. The number of nitrogens with two attached hydrogens (primary N) is 1. The molecule has 1 heterocycles. The summed E-state index contributed by atoms with van der Waals surface area (Å²) in [5.41, 5.74) is 0.0883. The largest absolute Gasteiger partial charge is 0.349 e. The molecule has 0 spiro atoms. The minimum absolute atomic E-state index is 0.0306. The summed E-state index contributed by atoms with van der Waals surface area (Å²) in [6, 6.07) is 2.95. The van der Waals surface area contributed by atoms with Gasteiger partial charge in [-0.25, -0.2) is 13.6 Å². The standard InChI is InChI=1S/C12H18N2O3S2/c1-7(14-11(15)8-6-12(8,2)3)9-4-5-10(18-9)19(13,16)17/h4-5,7-8H,6H2,1-3H3,(H,14,15)(H2,13,16,17). The molecule has 3 N–H and O–H groups in total. The Labute approximate surface area is 117 Å². The number of sulfonamides is 1. The van der Waals surface area contributed by atoms with Crippen LogP contribution in [0.5, 0.6) is 0 Å². The predicted octanol–water partition coefficient (Wildman–Crippen LogP) is 1.62. The van der Waals surface area contributed by atoms with Crippen molar-refractivity contribution in [3.63, 3.8) is 0 Å². The summed E-state index contributed by atoms with van der Waals surface area (Å²) < 4.78 is 22.5. The second-order valence-corrected chi connectivity index (χ2v) is 8.58. The lowest BCUT2D eigenvalue weighted by atomic mass is 10.1. The van der Waals surface area contributed by atoms with E-state index >= 15 is 0 Å². The lowest BCUT2D eigenvalue weighted by Gasteiger charge is -2.12. The fraction of sp³-hybridized carbons (Fsp3) is 0.583. The van der Waals surface area contributed by atoms with Crippen molar-refractivity contribution in [3.8, 4) is 0 Å². The number of primary sulfonamides is 1. The zero-order chi connectivity index (χ0) is 14.4. The number of hydrogen-bond donors (Lipinski definition) is 2. The van der Waals surface area contributed by atoms with Gasteiger partial charge in [-0.2, -0.15) is 0 Å². The molecule has 7 heteroatoms. The molecular weight excluding hydrogens is 284 g/mol. The molecule has 1 fully saturated rings. The number of hydrogen-bond acceptors (Lipinski definition) is 4. The molecule has 2 atom stereocenters. The Bertz CT molecular complexity index is 604. The minimum atomic E-state index is -3.66. The van der Waals surface area contributed by atoms with Gasteiger partial charge in [0.05, 0.1) is 6.04 Å². The SMILES string of the molecule is CC(NC(=O)C1CC1(C)C)c1ccc(S(N)(=O)=O)s1. The summed E-state index contributed by atoms with van der Waals surface area (Å²) >= 11 is 1.09. The van der Waals surface area contributed by atoms with Crippen molar-refractivity contribution in [1.29, 1.82) is 0 Å². The third-order valence-corrected chi connectivity index (χ3v) is 6.20. The zero-order valence-electron chi connectivity index (χ0n) is 11.1. The van der Waals surface area contributed by atoms with Crippen molar-refractivity contribution in [2.24, 2.45) is 16.5 Å². The van der Waals surface area contributed by atoms with Crippen LogP contribution in [0, 0.1) is 11.3 Å². The van der Waals surface area contributed by atoms with Gasteiger partial charge in [-0.15, -0.1) is 11.3 Å². The quantitative estimate of drug-likeness (QED) is 0.885. The van der Waals surface area contributed by atoms with Crippen LogP contribution in [0.2, 0.25) is 0 Å². The monoisotopic (exact) mass is 302 g/mol. The molecule has 1 amide bonds. The third-order valence-electron chi connectivity index (χ3n) is 3.50. The highest BCUT2D eigenvalue weighted by Crippen LogP contribution is 2.51. The highest BCUT2D eigenvalue weighted by Gasteiger charge is 2.50. The van der Waals surface area contributed by atoms with Crippen molar-refractivity contribution in [2.75, 3.05) is 0 Å². The summed E-state index contributed by atoms with van der Waals surface area (Å²) in [5, 5.41) is 7.97. The van der Waals surface area contributed by atoms with E-state index in [0.29, 0.717) is 0 Å². The fourth-order valence-corrected chi connectivity index (χ4v) is 3.77. The summed E-state index contributed by atoms with van der Waals surface area (Å²) in [6.07, 6.45) is 0.901. The first kappa shape index (κ1) is 14.5. The van der Waals surface area contributed by atoms with Gasteiger partial charge in [0.25, 0.3) is 0 Å². The van der Waals surface area contributed by atoms with Crippen LogP contribution in [0.3, 0.4) is 0 Å². The van der Waals surface area contributed by atoms with Crippen molar-refractivity contribution >= 4 is 27.3 Å². The molecule has 2 rings (SSSR count). The highest BCUT2D eigenvalue weighted by atomic mass is 32.2. The molecule has 1 saturated carbocycles. The van der Waals surface area contributed by atoms with E-state index in [4.69, 9.17) is 5.14 Å². The van der Waals surface area contributed by atoms with Crippen LogP contribution in [-0.4, -0.2) is 14.3 Å². The predicted molar refractivity (Wildman–Crippen MR) is 74.1 cm³/mol. The van der Waals surface area contributed by atoms with Gasteiger partial charge in [0.15, 0.2) is 0 Å². The third kappa shape index (κ3) is 3.16. The van der Waals surface area contributed by atoms with Crippen LogP contribution in [0.15, 0.2) is 16.3 Å². The van der Waals surface area contributed by atoms with Crippen LogP contribution in [-0.2, 0) is 14.8 Å². The molecule has 5 nitrogen and oxygen atoms in total. The van der Waals surface area contributed by atoms with E-state index in [2.05, 4.69) is 19.2 Å². The van der Waals surface area contributed by atoms with E-state index in [9.17, 15) is 13.2 Å². The van der Waals surface area contributed by atoms with Crippen molar-refractivity contribution < 1.29 is 13.2 Å². The van der Waals surface area contributed by atoms with Crippen LogP contribution in [0.1, 0.15) is 38.1 Å². The maximum absolute atomic E-state index is 12.0. The van der Waals surface area contributed by atoms with E-state index in [1.54, 1.807) is 6.07 Å². The summed E-state index contributed by atoms with van der Waals surface area (Å²) in [4.78, 5) is 12.7. The number of thiophene rings is 1. The van der Waals surface area contributed by atoms with E-state index in [-0.39, 0.29) is 27.5 Å². The zero-order valence-corrected chi connectivity index (χ0v) is 12.8. The average molecular weight is 302 g/mol. The molecule has 0 bridgehead atoms.